The second-order valence-electron chi connectivity index (χ2n) is 4.59. The van der Waals surface area contributed by atoms with E-state index in [1.165, 1.54) is 12.8 Å². The molecule has 0 radical (unpaired) electrons. The zero-order valence-electron chi connectivity index (χ0n) is 9.06. The summed E-state index contributed by atoms with van der Waals surface area (Å²) >= 11 is 0. The smallest absolute Gasteiger partial charge is 0.123 e. The van der Waals surface area contributed by atoms with Gasteiger partial charge in [-0.2, -0.15) is 0 Å². The number of aldehydes is 1. The monoisotopic (exact) mass is 229 g/mol. The number of nitrogens with zero attached hydrogens (tertiary/aromatic N) is 1. The molecule has 1 atom stereocenters. The molecule has 1 unspecified atom stereocenters. The third-order valence-corrected chi connectivity index (χ3v) is 5.45. The fraction of sp³-hybridized carbons (Fsp3) is 0.909. The summed E-state index contributed by atoms with van der Waals surface area (Å²) in [7, 11) is -0.781. The Kier molecular flexibility index (Phi) is 3.92. The maximum absolute atomic E-state index is 12.1. The number of rotatable bonds is 3. The van der Waals surface area contributed by atoms with E-state index in [0.717, 1.165) is 45.1 Å². The number of hydrogen-bond donors (Lipinski definition) is 0. The van der Waals surface area contributed by atoms with E-state index in [1.54, 1.807) is 0 Å². The van der Waals surface area contributed by atoms with Gasteiger partial charge in [-0.1, -0.05) is 12.8 Å². The predicted molar refractivity (Wildman–Crippen MR) is 60.8 cm³/mol. The summed E-state index contributed by atoms with van der Waals surface area (Å²) in [5, 5.41) is 0.401. The van der Waals surface area contributed by atoms with Gasteiger partial charge in [-0.05, 0) is 25.7 Å². The quantitative estimate of drug-likeness (QED) is 0.688. The molecule has 0 aromatic rings. The average molecular weight is 229 g/mol. The van der Waals surface area contributed by atoms with E-state index in [4.69, 9.17) is 0 Å². The van der Waals surface area contributed by atoms with Crippen molar-refractivity contribution in [2.75, 3.05) is 13.1 Å². The maximum atomic E-state index is 12.1. The van der Waals surface area contributed by atoms with Gasteiger partial charge in [0, 0.05) is 24.3 Å². The van der Waals surface area contributed by atoms with Crippen molar-refractivity contribution in [2.45, 2.75) is 43.8 Å². The van der Waals surface area contributed by atoms with Crippen molar-refractivity contribution in [2.24, 2.45) is 5.92 Å². The molecule has 15 heavy (non-hydrogen) atoms. The zero-order valence-corrected chi connectivity index (χ0v) is 9.88. The lowest BCUT2D eigenvalue weighted by Crippen LogP contribution is -2.39. The van der Waals surface area contributed by atoms with Gasteiger partial charge in [-0.3, -0.25) is 0 Å². The molecule has 0 bridgehead atoms. The van der Waals surface area contributed by atoms with E-state index in [-0.39, 0.29) is 5.92 Å². The Morgan fingerprint density at radius 1 is 1.07 bits per heavy atom. The zero-order chi connectivity index (χ0) is 10.7. The molecule has 86 valence electrons. The first kappa shape index (κ1) is 11.3. The second kappa shape index (κ2) is 5.21. The molecule has 0 spiro atoms. The van der Waals surface area contributed by atoms with Gasteiger partial charge in [-0.25, -0.2) is 8.51 Å². The normalized spacial score (nSPS) is 28.0. The average Bonchev–Trinajstić information content (AvgIpc) is 2.82. The first-order valence-electron chi connectivity index (χ1n) is 5.92. The van der Waals surface area contributed by atoms with Crippen molar-refractivity contribution in [3.05, 3.63) is 0 Å². The lowest BCUT2D eigenvalue weighted by molar-refractivity contribution is -0.112. The Hall–Kier alpha value is -0.220. The molecule has 0 amide bonds. The highest BCUT2D eigenvalue weighted by Crippen LogP contribution is 2.26. The fourth-order valence-electron chi connectivity index (χ4n) is 2.49. The summed E-state index contributed by atoms with van der Waals surface area (Å²) in [6.45, 7) is 1.68. The topological polar surface area (TPSA) is 37.4 Å². The molecule has 1 saturated carbocycles. The Morgan fingerprint density at radius 3 is 2.20 bits per heavy atom. The Labute approximate surface area is 93.8 Å². The van der Waals surface area contributed by atoms with Gasteiger partial charge in [-0.15, -0.1) is 0 Å². The lowest BCUT2D eigenvalue weighted by Gasteiger charge is -2.30. The van der Waals surface area contributed by atoms with Crippen LogP contribution in [-0.2, 0) is 15.8 Å². The van der Waals surface area contributed by atoms with Crippen molar-refractivity contribution in [1.29, 1.82) is 0 Å². The maximum Gasteiger partial charge on any atom is 0.123 e. The van der Waals surface area contributed by atoms with E-state index in [0.29, 0.717) is 5.25 Å². The summed E-state index contributed by atoms with van der Waals surface area (Å²) in [5.41, 5.74) is 0. The number of carbonyl (C=O) groups excluding carboxylic acids is 1. The Morgan fingerprint density at radius 2 is 1.67 bits per heavy atom. The molecule has 1 aliphatic carbocycles. The summed E-state index contributed by atoms with van der Waals surface area (Å²) in [6, 6.07) is 0. The highest BCUT2D eigenvalue weighted by Gasteiger charge is 2.29. The number of piperidine rings is 1. The van der Waals surface area contributed by atoms with Crippen LogP contribution in [-0.4, -0.2) is 33.1 Å². The summed E-state index contributed by atoms with van der Waals surface area (Å²) in [4.78, 5) is 10.6. The van der Waals surface area contributed by atoms with E-state index >= 15 is 0 Å². The SMILES string of the molecule is O=CC1CCN(S(=O)C2CCCC2)CC1. The molecule has 0 N–H and O–H groups in total. The molecule has 2 rings (SSSR count). The minimum atomic E-state index is -0.781. The van der Waals surface area contributed by atoms with E-state index in [9.17, 15) is 9.00 Å². The van der Waals surface area contributed by atoms with Gasteiger partial charge in [0.1, 0.15) is 6.29 Å². The van der Waals surface area contributed by atoms with Crippen LogP contribution in [0.1, 0.15) is 38.5 Å². The van der Waals surface area contributed by atoms with Gasteiger partial charge in [0.2, 0.25) is 0 Å². The largest absolute Gasteiger partial charge is 0.303 e. The van der Waals surface area contributed by atoms with Crippen LogP contribution in [0.25, 0.3) is 0 Å². The highest BCUT2D eigenvalue weighted by atomic mass is 32.2. The van der Waals surface area contributed by atoms with Crippen molar-refractivity contribution < 1.29 is 9.00 Å². The third kappa shape index (κ3) is 2.67. The van der Waals surface area contributed by atoms with Gasteiger partial charge >= 0.3 is 0 Å². The van der Waals surface area contributed by atoms with Crippen LogP contribution >= 0.6 is 0 Å². The molecule has 1 heterocycles. The summed E-state index contributed by atoms with van der Waals surface area (Å²) < 4.78 is 14.2. The van der Waals surface area contributed by atoms with Crippen molar-refractivity contribution in [3.8, 4) is 0 Å². The van der Waals surface area contributed by atoms with E-state index in [1.807, 2.05) is 0 Å². The van der Waals surface area contributed by atoms with Crippen LogP contribution in [0.3, 0.4) is 0 Å². The lowest BCUT2D eigenvalue weighted by atomic mass is 10.0. The van der Waals surface area contributed by atoms with Crippen molar-refractivity contribution in [3.63, 3.8) is 0 Å². The highest BCUT2D eigenvalue weighted by molar-refractivity contribution is 7.83. The molecule has 2 fully saturated rings. The van der Waals surface area contributed by atoms with Crippen molar-refractivity contribution >= 4 is 17.3 Å². The number of hydrogen-bond acceptors (Lipinski definition) is 2. The van der Waals surface area contributed by atoms with Crippen LogP contribution in [0.5, 0.6) is 0 Å². The molecule has 0 aromatic carbocycles. The first-order chi connectivity index (χ1) is 7.31. The molecule has 0 aromatic heterocycles. The van der Waals surface area contributed by atoms with Crippen LogP contribution in [0.2, 0.25) is 0 Å². The third-order valence-electron chi connectivity index (χ3n) is 3.53. The molecular weight excluding hydrogens is 210 g/mol. The first-order valence-corrected chi connectivity index (χ1v) is 7.09. The minimum absolute atomic E-state index is 0.210. The van der Waals surface area contributed by atoms with Gasteiger partial charge in [0.05, 0.1) is 11.0 Å². The molecular formula is C11H19NO2S. The summed E-state index contributed by atoms with van der Waals surface area (Å²) in [5.74, 6) is 0.210. The second-order valence-corrected chi connectivity index (χ2v) is 6.32. The molecule has 2 aliphatic rings. The van der Waals surface area contributed by atoms with Gasteiger partial charge in [0.25, 0.3) is 0 Å². The predicted octanol–water partition coefficient (Wildman–Crippen LogP) is 1.50. The van der Waals surface area contributed by atoms with Crippen LogP contribution in [0.15, 0.2) is 0 Å². The van der Waals surface area contributed by atoms with Crippen LogP contribution in [0, 0.1) is 5.92 Å². The molecule has 1 saturated heterocycles. The van der Waals surface area contributed by atoms with E-state index in [2.05, 4.69) is 4.31 Å². The standard InChI is InChI=1S/C11H19NO2S/c13-9-10-5-7-12(8-6-10)15(14)11-3-1-2-4-11/h9-11H,1-8H2. The molecule has 4 heteroatoms. The van der Waals surface area contributed by atoms with Gasteiger partial charge in [0.15, 0.2) is 0 Å². The Bertz CT molecular complexity index is 243. The minimum Gasteiger partial charge on any atom is -0.303 e. The fourth-order valence-corrected chi connectivity index (χ4v) is 4.22. The van der Waals surface area contributed by atoms with Gasteiger partial charge < -0.3 is 4.79 Å². The Balaban J connectivity index is 1.84. The molecule has 3 nitrogen and oxygen atoms in total. The van der Waals surface area contributed by atoms with Crippen LogP contribution < -0.4 is 0 Å². The summed E-state index contributed by atoms with van der Waals surface area (Å²) in [6.07, 6.45) is 7.56. The van der Waals surface area contributed by atoms with E-state index < -0.39 is 11.0 Å². The molecule has 1 aliphatic heterocycles. The number of carbonyl (C=O) groups is 1. The van der Waals surface area contributed by atoms with Crippen molar-refractivity contribution in [1.82, 2.24) is 4.31 Å². The van der Waals surface area contributed by atoms with Crippen LogP contribution in [0.4, 0.5) is 0 Å².